The van der Waals surface area contributed by atoms with Crippen LogP contribution in [0.2, 0.25) is 0 Å². The highest BCUT2D eigenvalue weighted by atomic mass is 16.5. The minimum Gasteiger partial charge on any atom is -0.496 e. The van der Waals surface area contributed by atoms with Crippen LogP contribution in [0.15, 0.2) is 66.9 Å². The SMILES string of the molecule is CCCCOC(=O)c1cc(CN(C(=O)[C@@H](N)Cc2c(C)cc(C(N)=O)cc2C)[C@@H](C)c2nc(-c3ccccc3)c[nH]2)ccc1OC. The van der Waals surface area contributed by atoms with E-state index in [2.05, 4.69) is 4.98 Å². The van der Waals surface area contributed by atoms with Crippen molar-refractivity contribution in [3.63, 3.8) is 0 Å². The van der Waals surface area contributed by atoms with Crippen LogP contribution in [0.5, 0.6) is 5.75 Å². The first-order valence-corrected chi connectivity index (χ1v) is 15.4. The third-order valence-corrected chi connectivity index (χ3v) is 8.10. The third-order valence-electron chi connectivity index (χ3n) is 8.10. The van der Waals surface area contributed by atoms with Crippen molar-refractivity contribution in [3.05, 3.63) is 106 Å². The molecule has 0 saturated heterocycles. The molecule has 0 unspecified atom stereocenters. The van der Waals surface area contributed by atoms with E-state index in [-0.39, 0.29) is 24.4 Å². The van der Waals surface area contributed by atoms with Crippen LogP contribution in [0.3, 0.4) is 0 Å². The number of carbonyl (C=O) groups excluding carboxylic acids is 3. The van der Waals surface area contributed by atoms with Crippen molar-refractivity contribution in [1.29, 1.82) is 0 Å². The topological polar surface area (TPSA) is 154 Å². The van der Waals surface area contributed by atoms with Gasteiger partial charge in [0.05, 0.1) is 31.5 Å². The molecule has 0 aliphatic carbocycles. The number of benzene rings is 3. The monoisotopic (exact) mass is 625 g/mol. The Morgan fingerprint density at radius 1 is 1.02 bits per heavy atom. The fourth-order valence-corrected chi connectivity index (χ4v) is 5.44. The zero-order valence-electron chi connectivity index (χ0n) is 27.1. The second-order valence-corrected chi connectivity index (χ2v) is 11.5. The fourth-order valence-electron chi connectivity index (χ4n) is 5.44. The predicted octanol–water partition coefficient (Wildman–Crippen LogP) is 5.42. The van der Waals surface area contributed by atoms with E-state index < -0.39 is 24.0 Å². The van der Waals surface area contributed by atoms with Gasteiger partial charge in [-0.05, 0) is 80.1 Å². The van der Waals surface area contributed by atoms with E-state index in [4.69, 9.17) is 25.9 Å². The number of H-pyrrole nitrogens is 1. The van der Waals surface area contributed by atoms with E-state index in [1.54, 1.807) is 29.2 Å². The number of imidazole rings is 1. The summed E-state index contributed by atoms with van der Waals surface area (Å²) in [6, 6.07) is 17.0. The first-order chi connectivity index (χ1) is 22.0. The highest BCUT2D eigenvalue weighted by Crippen LogP contribution is 2.28. The van der Waals surface area contributed by atoms with Crippen molar-refractivity contribution in [3.8, 4) is 17.0 Å². The van der Waals surface area contributed by atoms with Gasteiger partial charge in [0.1, 0.15) is 17.1 Å². The number of ether oxygens (including phenoxy) is 2. The van der Waals surface area contributed by atoms with Gasteiger partial charge in [-0.1, -0.05) is 49.7 Å². The van der Waals surface area contributed by atoms with Gasteiger partial charge in [0, 0.05) is 23.9 Å². The third kappa shape index (κ3) is 8.00. The van der Waals surface area contributed by atoms with Crippen LogP contribution >= 0.6 is 0 Å². The molecule has 10 heteroatoms. The first kappa shape index (κ1) is 33.9. The minimum atomic E-state index is -0.903. The molecular weight excluding hydrogens is 582 g/mol. The van der Waals surface area contributed by atoms with Gasteiger partial charge < -0.3 is 30.8 Å². The number of aromatic amines is 1. The maximum atomic E-state index is 14.2. The van der Waals surface area contributed by atoms with E-state index in [0.717, 1.165) is 40.8 Å². The summed E-state index contributed by atoms with van der Waals surface area (Å²) in [5.41, 5.74) is 17.8. The number of hydrogen-bond donors (Lipinski definition) is 3. The number of esters is 1. The van der Waals surface area contributed by atoms with Crippen LogP contribution in [0.25, 0.3) is 11.3 Å². The molecule has 0 bridgehead atoms. The van der Waals surface area contributed by atoms with E-state index >= 15 is 0 Å². The molecule has 10 nitrogen and oxygen atoms in total. The number of nitrogens with zero attached hydrogens (tertiary/aromatic N) is 2. The Hall–Kier alpha value is -4.96. The molecule has 0 saturated carbocycles. The molecule has 0 aliphatic heterocycles. The maximum Gasteiger partial charge on any atom is 0.341 e. The molecule has 242 valence electrons. The summed E-state index contributed by atoms with van der Waals surface area (Å²) >= 11 is 0. The van der Waals surface area contributed by atoms with E-state index in [0.29, 0.717) is 29.3 Å². The zero-order valence-corrected chi connectivity index (χ0v) is 27.1. The zero-order chi connectivity index (χ0) is 33.4. The molecule has 5 N–H and O–H groups in total. The van der Waals surface area contributed by atoms with Crippen molar-refractivity contribution in [2.24, 2.45) is 11.5 Å². The highest BCUT2D eigenvalue weighted by molar-refractivity contribution is 5.93. The molecule has 2 amide bonds. The van der Waals surface area contributed by atoms with Gasteiger partial charge in [0.2, 0.25) is 11.8 Å². The summed E-state index contributed by atoms with van der Waals surface area (Å²) in [7, 11) is 1.50. The number of hydrogen-bond acceptors (Lipinski definition) is 7. The van der Waals surface area contributed by atoms with Gasteiger partial charge in [-0.25, -0.2) is 9.78 Å². The summed E-state index contributed by atoms with van der Waals surface area (Å²) in [5, 5.41) is 0. The van der Waals surface area contributed by atoms with Gasteiger partial charge in [-0.15, -0.1) is 0 Å². The van der Waals surface area contributed by atoms with Crippen molar-refractivity contribution in [2.75, 3.05) is 13.7 Å². The lowest BCUT2D eigenvalue weighted by molar-refractivity contribution is -0.135. The molecule has 0 spiro atoms. The number of aromatic nitrogens is 2. The standard InChI is InChI=1S/C36H43N5O5/c1-6-7-15-46-36(44)29-18-25(13-14-32(29)45-5)21-41(24(4)34-39-20-31(40-34)26-11-9-8-10-12-26)35(43)30(37)19-28-22(2)16-27(33(38)42)17-23(28)3/h8-14,16-18,20,24,30H,6-7,15,19,21,37H2,1-5H3,(H2,38,42)(H,39,40)/t24-,30-/m0/s1. The smallest absolute Gasteiger partial charge is 0.341 e. The Morgan fingerprint density at radius 3 is 2.35 bits per heavy atom. The van der Waals surface area contributed by atoms with E-state index in [9.17, 15) is 14.4 Å². The molecule has 0 fully saturated rings. The molecule has 1 aromatic heterocycles. The van der Waals surface area contributed by atoms with E-state index in [1.807, 2.05) is 70.3 Å². The second kappa shape index (κ2) is 15.4. The molecule has 46 heavy (non-hydrogen) atoms. The molecule has 0 aliphatic rings. The average molecular weight is 626 g/mol. The Morgan fingerprint density at radius 2 is 1.72 bits per heavy atom. The lowest BCUT2D eigenvalue weighted by Gasteiger charge is -2.31. The van der Waals surface area contributed by atoms with Crippen LogP contribution < -0.4 is 16.2 Å². The van der Waals surface area contributed by atoms with Gasteiger partial charge in [-0.2, -0.15) is 0 Å². The van der Waals surface area contributed by atoms with Crippen LogP contribution in [0.4, 0.5) is 0 Å². The van der Waals surface area contributed by atoms with Gasteiger partial charge >= 0.3 is 5.97 Å². The molecular formula is C36H43N5O5. The number of carbonyl (C=O) groups is 3. The lowest BCUT2D eigenvalue weighted by Crippen LogP contribution is -2.46. The quantitative estimate of drug-likeness (QED) is 0.125. The molecule has 4 rings (SSSR count). The number of methoxy groups -OCH3 is 1. The van der Waals surface area contributed by atoms with Crippen LogP contribution in [0, 0.1) is 13.8 Å². The number of nitrogens with two attached hydrogens (primary N) is 2. The highest BCUT2D eigenvalue weighted by Gasteiger charge is 2.30. The summed E-state index contributed by atoms with van der Waals surface area (Å²) in [4.78, 5) is 48.7. The Labute approximate surface area is 270 Å². The first-order valence-electron chi connectivity index (χ1n) is 15.4. The van der Waals surface area contributed by atoms with Crippen LogP contribution in [0.1, 0.15) is 81.5 Å². The molecule has 2 atom stereocenters. The lowest BCUT2D eigenvalue weighted by atomic mass is 9.93. The number of aryl methyl sites for hydroxylation is 2. The van der Waals surface area contributed by atoms with Crippen molar-refractivity contribution < 1.29 is 23.9 Å². The number of amides is 2. The average Bonchev–Trinajstić information content (AvgIpc) is 3.55. The van der Waals surface area contributed by atoms with Gasteiger partial charge in [0.15, 0.2) is 0 Å². The Balaban J connectivity index is 1.67. The van der Waals surface area contributed by atoms with Crippen molar-refractivity contribution in [1.82, 2.24) is 14.9 Å². The molecule has 0 radical (unpaired) electrons. The van der Waals surface area contributed by atoms with Crippen LogP contribution in [-0.4, -0.2) is 52.4 Å². The predicted molar refractivity (Wildman–Crippen MR) is 177 cm³/mol. The number of unbranched alkanes of at least 4 members (excludes halogenated alkanes) is 1. The molecule has 3 aromatic carbocycles. The largest absolute Gasteiger partial charge is 0.496 e. The Kier molecular flexibility index (Phi) is 11.3. The summed E-state index contributed by atoms with van der Waals surface area (Å²) in [6.45, 7) is 8.11. The molecule has 4 aromatic rings. The summed E-state index contributed by atoms with van der Waals surface area (Å²) < 4.78 is 10.9. The van der Waals surface area contributed by atoms with Crippen LogP contribution in [-0.2, 0) is 22.5 Å². The normalized spacial score (nSPS) is 12.3. The maximum absolute atomic E-state index is 14.2. The summed E-state index contributed by atoms with van der Waals surface area (Å²) in [6.07, 6.45) is 3.72. The van der Waals surface area contributed by atoms with Gasteiger partial charge in [0.25, 0.3) is 0 Å². The second-order valence-electron chi connectivity index (χ2n) is 11.5. The van der Waals surface area contributed by atoms with Crippen molar-refractivity contribution >= 4 is 17.8 Å². The van der Waals surface area contributed by atoms with Gasteiger partial charge in [-0.3, -0.25) is 9.59 Å². The number of primary amides is 1. The van der Waals surface area contributed by atoms with Crippen molar-refractivity contribution in [2.45, 2.75) is 65.6 Å². The summed E-state index contributed by atoms with van der Waals surface area (Å²) in [5.74, 6) is -0.328. The fraction of sp³-hybridized carbons (Fsp3) is 0.333. The minimum absolute atomic E-state index is 0.146. The Bertz CT molecular complexity index is 1660. The molecule has 1 heterocycles. The van der Waals surface area contributed by atoms with E-state index in [1.165, 1.54) is 7.11 Å². The number of nitrogens with one attached hydrogen (secondary N) is 1. The number of rotatable bonds is 14.